The number of unbranched alkanes of at least 4 members (excludes halogenated alkanes) is 4. The molecule has 8 nitrogen and oxygen atoms in total. The number of pyridine rings is 1. The van der Waals surface area contributed by atoms with E-state index in [2.05, 4.69) is 9.97 Å². The van der Waals surface area contributed by atoms with Crippen molar-refractivity contribution in [3.05, 3.63) is 64.2 Å². The third-order valence-electron chi connectivity index (χ3n) is 5.87. The third kappa shape index (κ3) is 7.33. The van der Waals surface area contributed by atoms with E-state index in [0.29, 0.717) is 36.0 Å². The topological polar surface area (TPSA) is 100 Å². The van der Waals surface area contributed by atoms with Crippen molar-refractivity contribution in [2.45, 2.75) is 56.9 Å². The van der Waals surface area contributed by atoms with Crippen molar-refractivity contribution >= 4 is 9.84 Å². The maximum absolute atomic E-state index is 13.6. The molecule has 2 heterocycles. The summed E-state index contributed by atoms with van der Waals surface area (Å²) in [6, 6.07) is 8.24. The van der Waals surface area contributed by atoms with E-state index in [9.17, 15) is 26.4 Å². The fourth-order valence-corrected chi connectivity index (χ4v) is 5.07. The Hall–Kier alpha value is -3.41. The Morgan fingerprint density at radius 2 is 1.63 bits per heavy atom. The van der Waals surface area contributed by atoms with Crippen LogP contribution in [-0.4, -0.2) is 42.9 Å². The molecule has 12 heteroatoms. The summed E-state index contributed by atoms with van der Waals surface area (Å²) in [5.74, 6) is 0.595. The molecule has 0 spiro atoms. The minimum Gasteiger partial charge on any atom is -0.493 e. The molecule has 0 aliphatic carbocycles. The summed E-state index contributed by atoms with van der Waals surface area (Å²) in [5, 5.41) is -0.879. The molecule has 2 aromatic heterocycles. The van der Waals surface area contributed by atoms with Gasteiger partial charge in [-0.15, -0.1) is 0 Å². The summed E-state index contributed by atoms with van der Waals surface area (Å²) < 4.78 is 78.4. The van der Waals surface area contributed by atoms with Gasteiger partial charge < -0.3 is 14.0 Å². The van der Waals surface area contributed by atoms with Crippen LogP contribution in [0.25, 0.3) is 11.3 Å². The SMILES string of the molecule is CCCCCCCS(=O)(=O)c1nc(-c2ccc(=O)n(Cc3ccc(OC)c(OC)c3)c2)cc(C(F)(F)F)n1. The molecule has 0 N–H and O–H groups in total. The van der Waals surface area contributed by atoms with Crippen molar-refractivity contribution in [1.29, 1.82) is 0 Å². The fraction of sp³-hybridized carbons (Fsp3) is 0.423. The van der Waals surface area contributed by atoms with Crippen LogP contribution in [0.5, 0.6) is 11.5 Å². The first-order chi connectivity index (χ1) is 18.0. The third-order valence-corrected chi connectivity index (χ3v) is 7.44. The number of halogens is 3. The van der Waals surface area contributed by atoms with Crippen molar-refractivity contribution < 1.29 is 31.1 Å². The number of hydrogen-bond donors (Lipinski definition) is 0. The normalized spacial score (nSPS) is 11.9. The van der Waals surface area contributed by atoms with E-state index in [0.717, 1.165) is 19.3 Å². The number of rotatable bonds is 12. The largest absolute Gasteiger partial charge is 0.493 e. The van der Waals surface area contributed by atoms with Gasteiger partial charge in [-0.25, -0.2) is 18.4 Å². The Kier molecular flexibility index (Phi) is 9.53. The van der Waals surface area contributed by atoms with Crippen LogP contribution in [0, 0.1) is 0 Å². The number of hydrogen-bond acceptors (Lipinski definition) is 7. The summed E-state index contributed by atoms with van der Waals surface area (Å²) >= 11 is 0. The average Bonchev–Trinajstić information content (AvgIpc) is 2.89. The van der Waals surface area contributed by atoms with Gasteiger partial charge >= 0.3 is 6.18 Å². The van der Waals surface area contributed by atoms with Crippen LogP contribution in [0.15, 0.2) is 52.5 Å². The summed E-state index contributed by atoms with van der Waals surface area (Å²) in [7, 11) is -1.20. The lowest BCUT2D eigenvalue weighted by Gasteiger charge is -2.13. The van der Waals surface area contributed by atoms with E-state index in [1.54, 1.807) is 18.2 Å². The Bertz CT molecular complexity index is 1420. The van der Waals surface area contributed by atoms with E-state index in [-0.39, 0.29) is 23.6 Å². The Morgan fingerprint density at radius 1 is 0.921 bits per heavy atom. The molecule has 0 atom stereocenters. The Morgan fingerprint density at radius 3 is 2.29 bits per heavy atom. The Balaban J connectivity index is 1.99. The standard InChI is InChI=1S/C26H30F3N3O5S/c1-4-5-6-7-8-13-38(34,35)25-30-20(15-23(31-25)26(27,28)29)19-10-12-24(33)32(17-19)16-18-9-11-21(36-2)22(14-18)37-3/h9-12,14-15,17H,4-8,13,16H2,1-3H3. The molecule has 0 bridgehead atoms. The van der Waals surface area contributed by atoms with Crippen molar-refractivity contribution in [1.82, 2.24) is 14.5 Å². The summed E-state index contributed by atoms with van der Waals surface area (Å²) in [5.41, 5.74) is -1.22. The maximum atomic E-state index is 13.6. The van der Waals surface area contributed by atoms with Gasteiger partial charge in [-0.1, -0.05) is 38.7 Å². The highest BCUT2D eigenvalue weighted by Crippen LogP contribution is 2.31. The molecule has 0 fully saturated rings. The molecule has 3 rings (SSSR count). The number of sulfone groups is 1. The van der Waals surface area contributed by atoms with E-state index in [1.807, 2.05) is 6.92 Å². The summed E-state index contributed by atoms with van der Waals surface area (Å²) in [6.45, 7) is 2.10. The predicted octanol–water partition coefficient (Wildman–Crippen LogP) is 5.13. The lowest BCUT2D eigenvalue weighted by atomic mass is 10.1. The minimum absolute atomic E-state index is 0.0765. The number of nitrogens with zero attached hydrogens (tertiary/aromatic N) is 3. The zero-order chi connectivity index (χ0) is 27.9. The monoisotopic (exact) mass is 553 g/mol. The van der Waals surface area contributed by atoms with Gasteiger partial charge in [0.05, 0.1) is 32.2 Å². The number of aromatic nitrogens is 3. The molecule has 0 amide bonds. The first kappa shape index (κ1) is 29.2. The lowest BCUT2D eigenvalue weighted by molar-refractivity contribution is -0.141. The summed E-state index contributed by atoms with van der Waals surface area (Å²) in [6.07, 6.45) is 0.139. The minimum atomic E-state index is -4.89. The summed E-state index contributed by atoms with van der Waals surface area (Å²) in [4.78, 5) is 19.9. The maximum Gasteiger partial charge on any atom is 0.433 e. The number of alkyl halides is 3. The predicted molar refractivity (Wildman–Crippen MR) is 136 cm³/mol. The van der Waals surface area contributed by atoms with Crippen molar-refractivity contribution in [2.24, 2.45) is 0 Å². The second kappa shape index (κ2) is 12.4. The average molecular weight is 554 g/mol. The first-order valence-corrected chi connectivity index (χ1v) is 13.7. The smallest absolute Gasteiger partial charge is 0.433 e. The van der Waals surface area contributed by atoms with Gasteiger partial charge in [0.2, 0.25) is 15.0 Å². The van der Waals surface area contributed by atoms with Crippen LogP contribution >= 0.6 is 0 Å². The van der Waals surface area contributed by atoms with Crippen molar-refractivity contribution in [3.63, 3.8) is 0 Å². The second-order valence-electron chi connectivity index (χ2n) is 8.73. The lowest BCUT2D eigenvalue weighted by Crippen LogP contribution is -2.20. The van der Waals surface area contributed by atoms with Crippen LogP contribution in [-0.2, 0) is 22.6 Å². The second-order valence-corrected chi connectivity index (χ2v) is 10.7. The molecule has 0 saturated heterocycles. The highest BCUT2D eigenvalue weighted by atomic mass is 32.2. The van der Waals surface area contributed by atoms with Crippen LogP contribution in [0.2, 0.25) is 0 Å². The van der Waals surface area contributed by atoms with E-state index in [4.69, 9.17) is 9.47 Å². The molecule has 0 aliphatic heterocycles. The van der Waals surface area contributed by atoms with Gasteiger partial charge in [0.1, 0.15) is 5.69 Å². The molecular weight excluding hydrogens is 523 g/mol. The number of methoxy groups -OCH3 is 2. The zero-order valence-corrected chi connectivity index (χ0v) is 22.2. The zero-order valence-electron chi connectivity index (χ0n) is 21.4. The number of ether oxygens (including phenoxy) is 2. The van der Waals surface area contributed by atoms with E-state index >= 15 is 0 Å². The van der Waals surface area contributed by atoms with Gasteiger partial charge in [-0.2, -0.15) is 13.2 Å². The first-order valence-electron chi connectivity index (χ1n) is 12.1. The quantitative estimate of drug-likeness (QED) is 0.226. The molecule has 1 aromatic carbocycles. The van der Waals surface area contributed by atoms with Crippen LogP contribution < -0.4 is 15.0 Å². The van der Waals surface area contributed by atoms with E-state index < -0.39 is 32.4 Å². The van der Waals surface area contributed by atoms with Crippen LogP contribution in [0.4, 0.5) is 13.2 Å². The van der Waals surface area contributed by atoms with E-state index in [1.165, 1.54) is 37.1 Å². The molecule has 3 aromatic rings. The van der Waals surface area contributed by atoms with Crippen LogP contribution in [0.3, 0.4) is 0 Å². The van der Waals surface area contributed by atoms with Gasteiger partial charge in [-0.3, -0.25) is 4.79 Å². The molecule has 0 saturated carbocycles. The van der Waals surface area contributed by atoms with Crippen molar-refractivity contribution in [2.75, 3.05) is 20.0 Å². The van der Waals surface area contributed by atoms with Crippen molar-refractivity contribution in [3.8, 4) is 22.8 Å². The molecule has 0 unspecified atom stereocenters. The van der Waals surface area contributed by atoms with Gasteiger partial charge in [-0.05, 0) is 36.2 Å². The molecule has 206 valence electrons. The Labute approximate surface area is 219 Å². The fourth-order valence-electron chi connectivity index (χ4n) is 3.83. The highest BCUT2D eigenvalue weighted by molar-refractivity contribution is 7.91. The van der Waals surface area contributed by atoms with Gasteiger partial charge in [0.25, 0.3) is 5.56 Å². The molecule has 0 radical (unpaired) electrons. The number of benzene rings is 1. The molecular formula is C26H30F3N3O5S. The van der Waals surface area contributed by atoms with Gasteiger partial charge in [0, 0.05) is 17.8 Å². The van der Waals surface area contributed by atoms with Gasteiger partial charge in [0.15, 0.2) is 11.5 Å². The van der Waals surface area contributed by atoms with Crippen LogP contribution in [0.1, 0.15) is 50.3 Å². The molecule has 0 aliphatic rings. The highest BCUT2D eigenvalue weighted by Gasteiger charge is 2.35. The molecule has 38 heavy (non-hydrogen) atoms.